The van der Waals surface area contributed by atoms with Gasteiger partial charge in [-0.05, 0) is 38.5 Å². The average Bonchev–Trinajstić information content (AvgIpc) is 2.78. The van der Waals surface area contributed by atoms with Gasteiger partial charge in [0.15, 0.2) is 0 Å². The van der Waals surface area contributed by atoms with Crippen molar-refractivity contribution < 1.29 is 17.7 Å². The fraction of sp³-hybridized carbons (Fsp3) is 1.00. The number of hydrogen-bond acceptors (Lipinski definition) is 5. The number of nitrogens with zero attached hydrogens (tertiary/aromatic N) is 1. The van der Waals surface area contributed by atoms with E-state index < -0.39 is 17.3 Å². The van der Waals surface area contributed by atoms with Crippen molar-refractivity contribution in [2.75, 3.05) is 41.5 Å². The van der Waals surface area contributed by atoms with Crippen LogP contribution < -0.4 is 0 Å². The van der Waals surface area contributed by atoms with Crippen LogP contribution in [0.4, 0.5) is 0 Å². The molecule has 1 rings (SSSR count). The number of hydrogen-bond donors (Lipinski definition) is 0. The van der Waals surface area contributed by atoms with Crippen LogP contribution in [0.15, 0.2) is 0 Å². The minimum Gasteiger partial charge on any atom is -0.406 e. The van der Waals surface area contributed by atoms with Crippen LogP contribution in [0.5, 0.6) is 0 Å². The van der Waals surface area contributed by atoms with E-state index in [1.54, 1.807) is 21.3 Å². The maximum atomic E-state index is 5.76. The van der Waals surface area contributed by atoms with E-state index in [9.17, 15) is 0 Å². The fourth-order valence-electron chi connectivity index (χ4n) is 2.61. The summed E-state index contributed by atoms with van der Waals surface area (Å²) in [5.41, 5.74) is 0. The molecule has 1 fully saturated rings. The van der Waals surface area contributed by atoms with E-state index in [0.29, 0.717) is 0 Å². The average molecular weight is 294 g/mol. The first-order valence-corrected chi connectivity index (χ1v) is 11.0. The lowest BCUT2D eigenvalue weighted by atomic mass is 10.4. The van der Waals surface area contributed by atoms with Gasteiger partial charge in [-0.2, -0.15) is 0 Å². The zero-order chi connectivity index (χ0) is 13.6. The molecule has 1 aliphatic rings. The van der Waals surface area contributed by atoms with Crippen LogP contribution in [0.3, 0.4) is 0 Å². The Labute approximate surface area is 113 Å². The molecule has 0 amide bonds. The first kappa shape index (κ1) is 16.3. The van der Waals surface area contributed by atoms with Crippen molar-refractivity contribution in [1.82, 2.24) is 4.57 Å². The summed E-state index contributed by atoms with van der Waals surface area (Å²) in [6.45, 7) is 4.52. The highest BCUT2D eigenvalue weighted by molar-refractivity contribution is 6.70. The summed E-state index contributed by atoms with van der Waals surface area (Å²) < 4.78 is 24.6. The largest absolute Gasteiger partial charge is 0.500 e. The highest BCUT2D eigenvalue weighted by Gasteiger charge is 2.41. The van der Waals surface area contributed by atoms with Crippen LogP contribution in [0.25, 0.3) is 0 Å². The second-order valence-electron chi connectivity index (χ2n) is 4.87. The molecule has 0 aromatic rings. The van der Waals surface area contributed by atoms with Gasteiger partial charge in [-0.1, -0.05) is 0 Å². The maximum Gasteiger partial charge on any atom is 0.500 e. The molecule has 1 aliphatic heterocycles. The van der Waals surface area contributed by atoms with Crippen molar-refractivity contribution in [3.63, 3.8) is 0 Å². The first-order chi connectivity index (χ1) is 8.55. The molecule has 0 aromatic heterocycles. The smallest absolute Gasteiger partial charge is 0.406 e. The van der Waals surface area contributed by atoms with Gasteiger partial charge in [-0.15, -0.1) is 0 Å². The summed E-state index contributed by atoms with van der Waals surface area (Å²) in [5.74, 6) is 0. The van der Waals surface area contributed by atoms with E-state index in [0.717, 1.165) is 25.6 Å². The Morgan fingerprint density at radius 1 is 1.11 bits per heavy atom. The molecule has 0 saturated carbocycles. The van der Waals surface area contributed by atoms with E-state index in [2.05, 4.69) is 11.1 Å². The predicted octanol–water partition coefficient (Wildman–Crippen LogP) is 1.68. The highest BCUT2D eigenvalue weighted by Crippen LogP contribution is 2.27. The van der Waals surface area contributed by atoms with E-state index in [4.69, 9.17) is 17.7 Å². The van der Waals surface area contributed by atoms with Crippen molar-refractivity contribution in [2.24, 2.45) is 0 Å². The van der Waals surface area contributed by atoms with E-state index in [-0.39, 0.29) is 0 Å². The van der Waals surface area contributed by atoms with Gasteiger partial charge in [0.2, 0.25) is 0 Å². The molecule has 18 heavy (non-hydrogen) atoms. The van der Waals surface area contributed by atoms with E-state index >= 15 is 0 Å². The molecule has 7 heteroatoms. The fourth-order valence-corrected chi connectivity index (χ4v) is 7.17. The van der Waals surface area contributed by atoms with Crippen LogP contribution in [-0.4, -0.2) is 63.4 Å². The summed E-state index contributed by atoms with van der Waals surface area (Å²) in [6.07, 6.45) is 2.30. The zero-order valence-electron chi connectivity index (χ0n) is 12.3. The van der Waals surface area contributed by atoms with Crippen LogP contribution in [0, 0.1) is 0 Å². The third kappa shape index (κ3) is 3.63. The molecule has 1 saturated heterocycles. The van der Waals surface area contributed by atoms with Gasteiger partial charge in [-0.3, -0.25) is 0 Å². The maximum absolute atomic E-state index is 5.76. The van der Waals surface area contributed by atoms with Crippen LogP contribution >= 0.6 is 0 Å². The topological polar surface area (TPSA) is 40.2 Å². The molecule has 0 aliphatic carbocycles. The molecule has 108 valence electrons. The van der Waals surface area contributed by atoms with E-state index in [1.165, 1.54) is 12.5 Å². The Morgan fingerprint density at radius 3 is 2.22 bits per heavy atom. The second-order valence-corrected chi connectivity index (χ2v) is 11.9. The third-order valence-corrected chi connectivity index (χ3v) is 10.8. The SMILES string of the molecule is CO[Si](CCCN1CCC[Si]1(C)OC)(OC)OC. The summed E-state index contributed by atoms with van der Waals surface area (Å²) in [4.78, 5) is 0. The van der Waals surface area contributed by atoms with Gasteiger partial charge in [0, 0.05) is 34.5 Å². The Bertz CT molecular complexity index is 245. The van der Waals surface area contributed by atoms with Gasteiger partial charge in [0.25, 0.3) is 8.48 Å². The lowest BCUT2D eigenvalue weighted by Crippen LogP contribution is -2.49. The standard InChI is InChI=1S/C11H27NO4Si2/c1-13-17(5)10-6-8-12(17)9-7-11-18(14-2,15-3)16-4/h6-11H2,1-5H3. The molecule has 1 atom stereocenters. The van der Waals surface area contributed by atoms with Gasteiger partial charge in [-0.25, -0.2) is 0 Å². The molecule has 0 aromatic carbocycles. The predicted molar refractivity (Wildman–Crippen MR) is 75.8 cm³/mol. The Hall–Kier alpha value is 0.234. The first-order valence-electron chi connectivity index (χ1n) is 6.51. The number of rotatable bonds is 8. The van der Waals surface area contributed by atoms with Crippen molar-refractivity contribution in [3.8, 4) is 0 Å². The summed E-state index contributed by atoms with van der Waals surface area (Å²) in [5, 5.41) is 0. The zero-order valence-corrected chi connectivity index (χ0v) is 14.3. The van der Waals surface area contributed by atoms with Crippen molar-refractivity contribution in [3.05, 3.63) is 0 Å². The molecular formula is C11H27NO4Si2. The molecule has 5 nitrogen and oxygen atoms in total. The molecule has 0 spiro atoms. The minimum absolute atomic E-state index is 0.862. The normalized spacial score (nSPS) is 25.8. The second kappa shape index (κ2) is 7.13. The van der Waals surface area contributed by atoms with Crippen LogP contribution in [0.1, 0.15) is 12.8 Å². The van der Waals surface area contributed by atoms with Gasteiger partial charge in [0.1, 0.15) is 0 Å². The third-order valence-electron chi connectivity index (χ3n) is 4.02. The van der Waals surface area contributed by atoms with Gasteiger partial charge >= 0.3 is 8.80 Å². The quantitative estimate of drug-likeness (QED) is 0.637. The molecule has 0 N–H and O–H groups in total. The van der Waals surface area contributed by atoms with E-state index in [1.807, 2.05) is 7.11 Å². The molecular weight excluding hydrogens is 266 g/mol. The summed E-state index contributed by atoms with van der Waals surface area (Å²) in [6, 6.07) is 2.10. The van der Waals surface area contributed by atoms with Crippen molar-refractivity contribution >= 4 is 17.3 Å². The monoisotopic (exact) mass is 293 g/mol. The molecule has 1 heterocycles. The van der Waals surface area contributed by atoms with Gasteiger partial charge < -0.3 is 22.3 Å². The van der Waals surface area contributed by atoms with Crippen molar-refractivity contribution in [1.29, 1.82) is 0 Å². The lowest BCUT2D eigenvalue weighted by molar-refractivity contribution is 0.122. The van der Waals surface area contributed by atoms with Crippen LogP contribution in [-0.2, 0) is 17.7 Å². The molecule has 0 bridgehead atoms. The Balaban J connectivity index is 2.41. The Kier molecular flexibility index (Phi) is 6.45. The molecule has 1 unspecified atom stereocenters. The minimum atomic E-state index is -2.40. The highest BCUT2D eigenvalue weighted by atomic mass is 28.4. The Morgan fingerprint density at radius 2 is 1.72 bits per heavy atom. The molecule has 0 radical (unpaired) electrons. The van der Waals surface area contributed by atoms with Crippen LogP contribution in [0.2, 0.25) is 18.6 Å². The van der Waals surface area contributed by atoms with Crippen molar-refractivity contribution in [2.45, 2.75) is 31.5 Å². The van der Waals surface area contributed by atoms with Gasteiger partial charge in [0.05, 0.1) is 0 Å². The lowest BCUT2D eigenvalue weighted by Gasteiger charge is -2.32. The summed E-state index contributed by atoms with van der Waals surface area (Å²) >= 11 is 0. The summed E-state index contributed by atoms with van der Waals surface area (Å²) in [7, 11) is 2.87.